The number of piperidine rings is 2. The van der Waals surface area contributed by atoms with Gasteiger partial charge in [-0.3, -0.25) is 14.7 Å². The Hall–Kier alpha value is -1.50. The first-order valence-electron chi connectivity index (χ1n) is 10.4. The molecule has 0 radical (unpaired) electrons. The molecule has 1 aromatic rings. The fourth-order valence-corrected chi connectivity index (χ4v) is 4.43. The van der Waals surface area contributed by atoms with Crippen molar-refractivity contribution in [2.45, 2.75) is 50.9 Å². The Kier molecular flexibility index (Phi) is 6.37. The van der Waals surface area contributed by atoms with Gasteiger partial charge in [-0.2, -0.15) is 0 Å². The molecule has 1 atom stereocenters. The third kappa shape index (κ3) is 5.06. The molecule has 4 heterocycles. The Morgan fingerprint density at radius 3 is 2.48 bits per heavy atom. The van der Waals surface area contributed by atoms with Crippen LogP contribution in [0.15, 0.2) is 24.5 Å². The van der Waals surface area contributed by atoms with Crippen molar-refractivity contribution < 1.29 is 14.3 Å². The zero-order chi connectivity index (χ0) is 18.5. The number of pyridine rings is 1. The molecule has 0 bridgehead atoms. The van der Waals surface area contributed by atoms with Crippen LogP contribution in [0.3, 0.4) is 0 Å². The normalized spacial score (nSPS) is 25.8. The maximum absolute atomic E-state index is 12.5. The number of carbonyl (C=O) groups excluding carboxylic acids is 1. The molecule has 0 aromatic carbocycles. The second kappa shape index (κ2) is 9.13. The first kappa shape index (κ1) is 18.8. The summed E-state index contributed by atoms with van der Waals surface area (Å²) in [5.41, 5.74) is 1.28. The highest BCUT2D eigenvalue weighted by Crippen LogP contribution is 2.24. The Morgan fingerprint density at radius 2 is 1.85 bits per heavy atom. The summed E-state index contributed by atoms with van der Waals surface area (Å²) in [4.78, 5) is 21.2. The van der Waals surface area contributed by atoms with Crippen LogP contribution < -0.4 is 0 Å². The van der Waals surface area contributed by atoms with E-state index < -0.39 is 0 Å². The van der Waals surface area contributed by atoms with Gasteiger partial charge in [0.1, 0.15) is 0 Å². The molecule has 3 saturated heterocycles. The van der Waals surface area contributed by atoms with E-state index in [-0.39, 0.29) is 11.8 Å². The monoisotopic (exact) mass is 373 g/mol. The van der Waals surface area contributed by atoms with Gasteiger partial charge >= 0.3 is 0 Å². The number of hydrogen-bond donors (Lipinski definition) is 0. The summed E-state index contributed by atoms with van der Waals surface area (Å²) in [5.74, 6) is 0.376. The van der Waals surface area contributed by atoms with E-state index in [0.717, 1.165) is 71.4 Å². The highest BCUT2D eigenvalue weighted by Gasteiger charge is 2.32. The quantitative estimate of drug-likeness (QED) is 0.791. The first-order chi connectivity index (χ1) is 13.3. The average Bonchev–Trinajstić information content (AvgIpc) is 3.25. The molecular weight excluding hydrogens is 342 g/mol. The molecule has 3 fully saturated rings. The summed E-state index contributed by atoms with van der Waals surface area (Å²) in [5, 5.41) is 0. The van der Waals surface area contributed by atoms with Crippen LogP contribution in [0.5, 0.6) is 0 Å². The minimum absolute atomic E-state index is 0.0895. The highest BCUT2D eigenvalue weighted by molar-refractivity contribution is 5.79. The number of likely N-dealkylation sites (tertiary alicyclic amines) is 2. The van der Waals surface area contributed by atoms with Crippen LogP contribution in [-0.4, -0.2) is 72.3 Å². The van der Waals surface area contributed by atoms with Crippen LogP contribution in [-0.2, 0) is 20.8 Å². The molecule has 4 rings (SSSR count). The zero-order valence-corrected chi connectivity index (χ0v) is 16.1. The molecule has 148 valence electrons. The van der Waals surface area contributed by atoms with Gasteiger partial charge in [0.05, 0.1) is 24.7 Å². The van der Waals surface area contributed by atoms with Gasteiger partial charge in [0.2, 0.25) is 5.91 Å². The van der Waals surface area contributed by atoms with E-state index in [9.17, 15) is 4.79 Å². The SMILES string of the molecule is O=C(C1CCOC1)N1CCC(OC2CCN(Cc3cccnc3)CC2)CC1. The molecule has 0 spiro atoms. The van der Waals surface area contributed by atoms with Gasteiger partial charge in [0.15, 0.2) is 0 Å². The predicted molar refractivity (Wildman–Crippen MR) is 102 cm³/mol. The Morgan fingerprint density at radius 1 is 1.11 bits per heavy atom. The van der Waals surface area contributed by atoms with E-state index in [1.54, 1.807) is 0 Å². The van der Waals surface area contributed by atoms with E-state index in [0.29, 0.717) is 18.8 Å². The van der Waals surface area contributed by atoms with Crippen LogP contribution >= 0.6 is 0 Å². The summed E-state index contributed by atoms with van der Waals surface area (Å²) in [6, 6.07) is 4.14. The van der Waals surface area contributed by atoms with Gasteiger partial charge in [-0.05, 0) is 43.7 Å². The van der Waals surface area contributed by atoms with E-state index in [1.165, 1.54) is 5.56 Å². The molecule has 6 heteroatoms. The van der Waals surface area contributed by atoms with Crippen molar-refractivity contribution >= 4 is 5.91 Å². The summed E-state index contributed by atoms with van der Waals surface area (Å²) in [6.45, 7) is 6.14. The van der Waals surface area contributed by atoms with Crippen LogP contribution in [0.25, 0.3) is 0 Å². The standard InChI is InChI=1S/C21H31N3O3/c25-21(18-7-13-26-16-18)24-11-5-20(6-12-24)27-19-3-9-23(10-4-19)15-17-2-1-8-22-14-17/h1-2,8,14,18-20H,3-7,9-13,15-16H2. The Balaban J connectivity index is 1.15. The van der Waals surface area contributed by atoms with Crippen molar-refractivity contribution in [3.8, 4) is 0 Å². The lowest BCUT2D eigenvalue weighted by Gasteiger charge is -2.37. The van der Waals surface area contributed by atoms with Crippen LogP contribution in [0.4, 0.5) is 0 Å². The topological polar surface area (TPSA) is 54.9 Å². The highest BCUT2D eigenvalue weighted by atomic mass is 16.5. The van der Waals surface area contributed by atoms with Crippen LogP contribution in [0, 0.1) is 5.92 Å². The predicted octanol–water partition coefficient (Wildman–Crippen LogP) is 2.09. The van der Waals surface area contributed by atoms with Crippen molar-refractivity contribution in [1.29, 1.82) is 0 Å². The fraction of sp³-hybridized carbons (Fsp3) is 0.714. The number of rotatable bonds is 5. The van der Waals surface area contributed by atoms with Crippen LogP contribution in [0.2, 0.25) is 0 Å². The van der Waals surface area contributed by atoms with E-state index in [1.807, 2.05) is 23.4 Å². The minimum atomic E-state index is 0.0895. The maximum Gasteiger partial charge on any atom is 0.228 e. The van der Waals surface area contributed by atoms with E-state index in [4.69, 9.17) is 9.47 Å². The lowest BCUT2D eigenvalue weighted by Crippen LogP contribution is -2.45. The Bertz CT molecular complexity index is 590. The van der Waals surface area contributed by atoms with Crippen molar-refractivity contribution in [2.24, 2.45) is 5.92 Å². The average molecular weight is 373 g/mol. The molecule has 3 aliphatic rings. The van der Waals surface area contributed by atoms with Crippen molar-refractivity contribution in [1.82, 2.24) is 14.8 Å². The number of carbonyl (C=O) groups is 1. The largest absolute Gasteiger partial charge is 0.381 e. The summed E-state index contributed by atoms with van der Waals surface area (Å²) >= 11 is 0. The number of hydrogen-bond acceptors (Lipinski definition) is 5. The lowest BCUT2D eigenvalue weighted by molar-refractivity contribution is -0.139. The molecule has 1 unspecified atom stereocenters. The molecule has 1 aromatic heterocycles. The molecule has 3 aliphatic heterocycles. The molecule has 0 N–H and O–H groups in total. The molecule has 0 saturated carbocycles. The minimum Gasteiger partial charge on any atom is -0.381 e. The van der Waals surface area contributed by atoms with Gasteiger partial charge in [-0.1, -0.05) is 6.07 Å². The van der Waals surface area contributed by atoms with E-state index in [2.05, 4.69) is 16.0 Å². The Labute approximate surface area is 161 Å². The van der Waals surface area contributed by atoms with Crippen molar-refractivity contribution in [3.05, 3.63) is 30.1 Å². The van der Waals surface area contributed by atoms with Gasteiger partial charge in [0.25, 0.3) is 0 Å². The summed E-state index contributed by atoms with van der Waals surface area (Å²) < 4.78 is 11.7. The summed E-state index contributed by atoms with van der Waals surface area (Å²) in [6.07, 6.45) is 9.46. The number of ether oxygens (including phenoxy) is 2. The second-order valence-electron chi connectivity index (χ2n) is 8.06. The molecule has 0 aliphatic carbocycles. The molecule has 1 amide bonds. The third-order valence-corrected chi connectivity index (χ3v) is 6.08. The van der Waals surface area contributed by atoms with E-state index >= 15 is 0 Å². The van der Waals surface area contributed by atoms with Crippen LogP contribution in [0.1, 0.15) is 37.7 Å². The first-order valence-corrected chi connectivity index (χ1v) is 10.4. The second-order valence-corrected chi connectivity index (χ2v) is 8.06. The van der Waals surface area contributed by atoms with Gasteiger partial charge in [-0.25, -0.2) is 0 Å². The van der Waals surface area contributed by atoms with Crippen molar-refractivity contribution in [2.75, 3.05) is 39.4 Å². The zero-order valence-electron chi connectivity index (χ0n) is 16.1. The third-order valence-electron chi connectivity index (χ3n) is 6.08. The number of amides is 1. The molecular formula is C21H31N3O3. The fourth-order valence-electron chi connectivity index (χ4n) is 4.43. The van der Waals surface area contributed by atoms with Gasteiger partial charge < -0.3 is 14.4 Å². The summed E-state index contributed by atoms with van der Waals surface area (Å²) in [7, 11) is 0. The number of aromatic nitrogens is 1. The number of nitrogens with zero attached hydrogens (tertiary/aromatic N) is 3. The smallest absolute Gasteiger partial charge is 0.228 e. The lowest BCUT2D eigenvalue weighted by atomic mass is 10.0. The van der Waals surface area contributed by atoms with Crippen molar-refractivity contribution in [3.63, 3.8) is 0 Å². The molecule has 27 heavy (non-hydrogen) atoms. The molecule has 6 nitrogen and oxygen atoms in total. The maximum atomic E-state index is 12.5. The van der Waals surface area contributed by atoms with Gasteiger partial charge in [-0.15, -0.1) is 0 Å². The van der Waals surface area contributed by atoms with Gasteiger partial charge in [0, 0.05) is 51.7 Å².